The lowest BCUT2D eigenvalue weighted by Crippen LogP contribution is -2.53. The van der Waals surface area contributed by atoms with Crippen LogP contribution in [0.25, 0.3) is 6.08 Å². The number of urea groups is 1. The summed E-state index contributed by atoms with van der Waals surface area (Å²) in [6.07, 6.45) is 1.52. The predicted molar refractivity (Wildman–Crippen MR) is 101 cm³/mol. The average molecular weight is 364 g/mol. The van der Waals surface area contributed by atoms with E-state index in [1.165, 1.54) is 6.08 Å². The zero-order valence-electron chi connectivity index (χ0n) is 15.4. The number of carbonyl (C=O) groups is 3. The third kappa shape index (κ3) is 3.74. The van der Waals surface area contributed by atoms with Crippen LogP contribution in [0.4, 0.5) is 4.79 Å². The van der Waals surface area contributed by atoms with E-state index in [0.717, 1.165) is 32.9 Å². The lowest BCUT2D eigenvalue weighted by atomic mass is 10.0. The topological polar surface area (TPSA) is 75.7 Å². The van der Waals surface area contributed by atoms with Gasteiger partial charge in [-0.05, 0) is 54.3 Å². The molecule has 138 valence electrons. The fourth-order valence-electron chi connectivity index (χ4n) is 2.95. The van der Waals surface area contributed by atoms with Crippen molar-refractivity contribution < 1.29 is 19.1 Å². The summed E-state index contributed by atoms with van der Waals surface area (Å²) in [4.78, 5) is 38.3. The average Bonchev–Trinajstić information content (AvgIpc) is 2.65. The molecule has 0 bridgehead atoms. The molecule has 0 spiro atoms. The van der Waals surface area contributed by atoms with E-state index < -0.39 is 17.8 Å². The van der Waals surface area contributed by atoms with Gasteiger partial charge in [-0.15, -0.1) is 0 Å². The van der Waals surface area contributed by atoms with Gasteiger partial charge in [-0.25, -0.2) is 4.79 Å². The van der Waals surface area contributed by atoms with Gasteiger partial charge in [-0.2, -0.15) is 0 Å². The number of aryl methyl sites for hydroxylation is 2. The molecule has 2 aromatic carbocycles. The number of hydrogen-bond donors (Lipinski definition) is 1. The highest BCUT2D eigenvalue weighted by atomic mass is 16.5. The summed E-state index contributed by atoms with van der Waals surface area (Å²) in [7, 11) is 1.59. The third-order valence-corrected chi connectivity index (χ3v) is 4.45. The Balaban J connectivity index is 1.96. The Morgan fingerprint density at radius 3 is 2.41 bits per heavy atom. The summed E-state index contributed by atoms with van der Waals surface area (Å²) in [6.45, 7) is 3.84. The van der Waals surface area contributed by atoms with Gasteiger partial charge in [0.1, 0.15) is 11.3 Å². The van der Waals surface area contributed by atoms with E-state index >= 15 is 0 Å². The molecule has 1 saturated heterocycles. The van der Waals surface area contributed by atoms with E-state index in [1.807, 2.05) is 56.3 Å². The standard InChI is InChI=1S/C21H20N2O4/c1-13-10-18(27-3)14(2)9-16(13)11-17-19(24)22-21(26)23(20(17)25)12-15-7-5-4-6-8-15/h4-11H,12H2,1-3H3,(H,22,24,26)/b17-11+. The minimum atomic E-state index is -0.714. The molecule has 1 aliphatic heterocycles. The number of benzene rings is 2. The molecule has 2 aromatic rings. The van der Waals surface area contributed by atoms with Crippen LogP contribution in [0.1, 0.15) is 22.3 Å². The first-order valence-electron chi connectivity index (χ1n) is 8.48. The number of nitrogens with zero attached hydrogens (tertiary/aromatic N) is 1. The Labute approximate surface area is 157 Å². The molecule has 27 heavy (non-hydrogen) atoms. The lowest BCUT2D eigenvalue weighted by Gasteiger charge is -2.26. The number of amides is 4. The second kappa shape index (κ2) is 7.45. The molecule has 6 heteroatoms. The number of carbonyl (C=O) groups excluding carboxylic acids is 3. The maximum atomic E-state index is 12.8. The second-order valence-electron chi connectivity index (χ2n) is 6.37. The van der Waals surface area contributed by atoms with Crippen LogP contribution in [0, 0.1) is 13.8 Å². The van der Waals surface area contributed by atoms with Crippen molar-refractivity contribution in [3.8, 4) is 5.75 Å². The van der Waals surface area contributed by atoms with Crippen LogP contribution in [0.2, 0.25) is 0 Å². The molecule has 0 radical (unpaired) electrons. The smallest absolute Gasteiger partial charge is 0.331 e. The van der Waals surface area contributed by atoms with Gasteiger partial charge in [0, 0.05) is 0 Å². The van der Waals surface area contributed by atoms with E-state index in [2.05, 4.69) is 5.32 Å². The zero-order chi connectivity index (χ0) is 19.6. The third-order valence-electron chi connectivity index (χ3n) is 4.45. The van der Waals surface area contributed by atoms with Crippen LogP contribution in [-0.2, 0) is 16.1 Å². The van der Waals surface area contributed by atoms with Crippen LogP contribution in [0.3, 0.4) is 0 Å². The van der Waals surface area contributed by atoms with Crippen LogP contribution in [0.15, 0.2) is 48.0 Å². The SMILES string of the molecule is COc1cc(C)c(/C=C2\C(=O)NC(=O)N(Cc3ccccc3)C2=O)cc1C. The van der Waals surface area contributed by atoms with E-state index in [1.54, 1.807) is 7.11 Å². The van der Waals surface area contributed by atoms with Gasteiger partial charge < -0.3 is 4.74 Å². The van der Waals surface area contributed by atoms with Crippen LogP contribution in [0.5, 0.6) is 5.75 Å². The summed E-state index contributed by atoms with van der Waals surface area (Å²) in [5.74, 6) is -0.572. The highest BCUT2D eigenvalue weighted by Gasteiger charge is 2.35. The van der Waals surface area contributed by atoms with Crippen molar-refractivity contribution in [2.24, 2.45) is 0 Å². The Morgan fingerprint density at radius 1 is 1.04 bits per heavy atom. The van der Waals surface area contributed by atoms with E-state index in [0.29, 0.717) is 0 Å². The molecule has 1 N–H and O–H groups in total. The van der Waals surface area contributed by atoms with Gasteiger partial charge >= 0.3 is 6.03 Å². The number of nitrogens with one attached hydrogen (secondary N) is 1. The number of hydrogen-bond acceptors (Lipinski definition) is 4. The van der Waals surface area contributed by atoms with Crippen molar-refractivity contribution in [3.05, 3.63) is 70.3 Å². The maximum Gasteiger partial charge on any atom is 0.331 e. The number of methoxy groups -OCH3 is 1. The monoisotopic (exact) mass is 364 g/mol. The van der Waals surface area contributed by atoms with Crippen molar-refractivity contribution in [2.45, 2.75) is 20.4 Å². The van der Waals surface area contributed by atoms with Gasteiger partial charge in [0.05, 0.1) is 13.7 Å². The number of ether oxygens (including phenoxy) is 1. The number of imide groups is 2. The summed E-state index contributed by atoms with van der Waals surface area (Å²) in [6, 6.07) is 12.1. The number of barbiturate groups is 1. The van der Waals surface area contributed by atoms with Crippen molar-refractivity contribution in [3.63, 3.8) is 0 Å². The van der Waals surface area contributed by atoms with E-state index in [-0.39, 0.29) is 12.1 Å². The molecule has 0 aromatic heterocycles. The molecule has 4 amide bonds. The normalized spacial score (nSPS) is 15.9. The van der Waals surface area contributed by atoms with Crippen molar-refractivity contribution in [1.82, 2.24) is 10.2 Å². The first-order chi connectivity index (χ1) is 12.9. The van der Waals surface area contributed by atoms with E-state index in [9.17, 15) is 14.4 Å². The van der Waals surface area contributed by atoms with E-state index in [4.69, 9.17) is 4.74 Å². The summed E-state index contributed by atoms with van der Waals surface area (Å²) in [5, 5.41) is 2.24. The predicted octanol–water partition coefficient (Wildman–Crippen LogP) is 2.97. The van der Waals surface area contributed by atoms with Crippen LogP contribution < -0.4 is 10.1 Å². The van der Waals surface area contributed by atoms with Gasteiger partial charge in [0.15, 0.2) is 0 Å². The molecule has 1 heterocycles. The van der Waals surface area contributed by atoms with Crippen LogP contribution in [-0.4, -0.2) is 29.9 Å². The molecule has 1 aliphatic rings. The lowest BCUT2D eigenvalue weighted by molar-refractivity contribution is -0.130. The Hall–Kier alpha value is -3.41. The largest absolute Gasteiger partial charge is 0.496 e. The Kier molecular flexibility index (Phi) is 5.07. The molecule has 0 unspecified atom stereocenters. The van der Waals surface area contributed by atoms with Gasteiger partial charge in [-0.1, -0.05) is 30.3 Å². The quantitative estimate of drug-likeness (QED) is 0.668. The molecule has 6 nitrogen and oxygen atoms in total. The van der Waals surface area contributed by atoms with Gasteiger partial charge in [0.2, 0.25) is 0 Å². The van der Waals surface area contributed by atoms with Crippen molar-refractivity contribution >= 4 is 23.9 Å². The highest BCUT2D eigenvalue weighted by molar-refractivity contribution is 6.31. The fourth-order valence-corrected chi connectivity index (χ4v) is 2.95. The minimum absolute atomic E-state index is 0.0711. The summed E-state index contributed by atoms with van der Waals surface area (Å²) >= 11 is 0. The minimum Gasteiger partial charge on any atom is -0.496 e. The molecule has 0 aliphatic carbocycles. The van der Waals surface area contributed by atoms with Crippen molar-refractivity contribution in [1.29, 1.82) is 0 Å². The molecule has 0 atom stereocenters. The number of rotatable bonds is 4. The first-order valence-corrected chi connectivity index (χ1v) is 8.48. The second-order valence-corrected chi connectivity index (χ2v) is 6.37. The molecular weight excluding hydrogens is 344 g/mol. The Bertz CT molecular complexity index is 948. The zero-order valence-corrected chi connectivity index (χ0v) is 15.4. The first kappa shape index (κ1) is 18.4. The highest BCUT2D eigenvalue weighted by Crippen LogP contribution is 2.25. The molecule has 1 fully saturated rings. The maximum absolute atomic E-state index is 12.8. The fraction of sp³-hybridized carbons (Fsp3) is 0.190. The summed E-state index contributed by atoms with van der Waals surface area (Å²) < 4.78 is 5.29. The molecular formula is C21H20N2O4. The molecule has 3 rings (SSSR count). The Morgan fingerprint density at radius 2 is 1.74 bits per heavy atom. The summed E-state index contributed by atoms with van der Waals surface area (Å²) in [5.41, 5.74) is 3.19. The van der Waals surface area contributed by atoms with Crippen molar-refractivity contribution in [2.75, 3.05) is 7.11 Å². The van der Waals surface area contributed by atoms with Crippen LogP contribution >= 0.6 is 0 Å². The van der Waals surface area contributed by atoms with Gasteiger partial charge in [0.25, 0.3) is 11.8 Å². The molecule has 0 saturated carbocycles. The van der Waals surface area contributed by atoms with Gasteiger partial charge in [-0.3, -0.25) is 19.8 Å².